The van der Waals surface area contributed by atoms with Crippen LogP contribution in [0.2, 0.25) is 0 Å². The lowest BCUT2D eigenvalue weighted by Gasteiger charge is -2.08. The largest absolute Gasteiger partial charge is 0.488 e. The lowest BCUT2D eigenvalue weighted by atomic mass is 10.2. The molecule has 0 aliphatic heterocycles. The van der Waals surface area contributed by atoms with Crippen molar-refractivity contribution in [3.63, 3.8) is 0 Å². The van der Waals surface area contributed by atoms with E-state index in [0.717, 1.165) is 29.7 Å². The molecule has 3 rings (SSSR count). The Morgan fingerprint density at radius 1 is 1.14 bits per heavy atom. The van der Waals surface area contributed by atoms with Crippen molar-refractivity contribution < 1.29 is 9.53 Å². The second kappa shape index (κ2) is 6.89. The molecule has 4 heteroatoms. The van der Waals surface area contributed by atoms with Gasteiger partial charge in [0, 0.05) is 11.5 Å². The summed E-state index contributed by atoms with van der Waals surface area (Å²) in [6.07, 6.45) is 3.57. The van der Waals surface area contributed by atoms with E-state index in [0.29, 0.717) is 6.61 Å². The number of ether oxygens (including phenoxy) is 1. The number of para-hydroxylation sites is 1. The van der Waals surface area contributed by atoms with Crippen LogP contribution in [-0.2, 0) is 11.4 Å². The SMILES string of the molecule is O=C(N/N=C/c1ccccc1OCc1ccccc1)C1CC1. The Bertz CT molecular complexity index is 664. The maximum atomic E-state index is 11.5. The summed E-state index contributed by atoms with van der Waals surface area (Å²) in [5.41, 5.74) is 4.52. The van der Waals surface area contributed by atoms with E-state index in [1.54, 1.807) is 6.21 Å². The van der Waals surface area contributed by atoms with Gasteiger partial charge in [-0.15, -0.1) is 0 Å². The van der Waals surface area contributed by atoms with E-state index >= 15 is 0 Å². The second-order valence-corrected chi connectivity index (χ2v) is 5.32. The molecule has 112 valence electrons. The average Bonchev–Trinajstić information content (AvgIpc) is 3.40. The monoisotopic (exact) mass is 294 g/mol. The molecule has 0 bridgehead atoms. The minimum absolute atomic E-state index is 0.000986. The Morgan fingerprint density at radius 2 is 1.86 bits per heavy atom. The van der Waals surface area contributed by atoms with Crippen LogP contribution in [0.3, 0.4) is 0 Å². The van der Waals surface area contributed by atoms with E-state index in [1.165, 1.54) is 0 Å². The van der Waals surface area contributed by atoms with Gasteiger partial charge in [-0.2, -0.15) is 5.10 Å². The molecule has 1 N–H and O–H groups in total. The van der Waals surface area contributed by atoms with Gasteiger partial charge in [-0.1, -0.05) is 42.5 Å². The predicted octanol–water partition coefficient (Wildman–Crippen LogP) is 3.13. The Hall–Kier alpha value is -2.62. The molecule has 1 fully saturated rings. The molecule has 0 spiro atoms. The van der Waals surface area contributed by atoms with Gasteiger partial charge in [0.2, 0.25) is 5.91 Å². The molecule has 0 aromatic heterocycles. The number of nitrogens with one attached hydrogen (secondary N) is 1. The van der Waals surface area contributed by atoms with Crippen LogP contribution in [0.25, 0.3) is 0 Å². The Labute approximate surface area is 129 Å². The van der Waals surface area contributed by atoms with Crippen molar-refractivity contribution >= 4 is 12.1 Å². The van der Waals surface area contributed by atoms with Crippen molar-refractivity contribution in [2.45, 2.75) is 19.4 Å². The third kappa shape index (κ3) is 3.95. The fraction of sp³-hybridized carbons (Fsp3) is 0.222. The van der Waals surface area contributed by atoms with Crippen molar-refractivity contribution in [3.8, 4) is 5.75 Å². The number of hydrogen-bond acceptors (Lipinski definition) is 3. The summed E-state index contributed by atoms with van der Waals surface area (Å²) in [5, 5.41) is 4.01. The first-order chi connectivity index (χ1) is 10.8. The van der Waals surface area contributed by atoms with Crippen molar-refractivity contribution in [1.29, 1.82) is 0 Å². The summed E-state index contributed by atoms with van der Waals surface area (Å²) >= 11 is 0. The smallest absolute Gasteiger partial charge is 0.243 e. The molecule has 2 aromatic carbocycles. The third-order valence-electron chi connectivity index (χ3n) is 3.48. The van der Waals surface area contributed by atoms with Crippen LogP contribution in [0.1, 0.15) is 24.0 Å². The number of nitrogens with zero attached hydrogens (tertiary/aromatic N) is 1. The molecule has 0 radical (unpaired) electrons. The summed E-state index contributed by atoms with van der Waals surface area (Å²) in [7, 11) is 0. The highest BCUT2D eigenvalue weighted by atomic mass is 16.5. The maximum absolute atomic E-state index is 11.5. The van der Waals surface area contributed by atoms with E-state index in [9.17, 15) is 4.79 Å². The van der Waals surface area contributed by atoms with E-state index in [-0.39, 0.29) is 11.8 Å². The molecule has 0 atom stereocenters. The molecule has 1 saturated carbocycles. The van der Waals surface area contributed by atoms with Gasteiger partial charge in [-0.05, 0) is 30.5 Å². The van der Waals surface area contributed by atoms with Gasteiger partial charge in [-0.25, -0.2) is 5.43 Å². The van der Waals surface area contributed by atoms with Crippen molar-refractivity contribution in [2.24, 2.45) is 11.0 Å². The Morgan fingerprint density at radius 3 is 2.64 bits per heavy atom. The summed E-state index contributed by atoms with van der Waals surface area (Å²) < 4.78 is 5.84. The van der Waals surface area contributed by atoms with Crippen LogP contribution < -0.4 is 10.2 Å². The molecule has 22 heavy (non-hydrogen) atoms. The molecule has 0 heterocycles. The highest BCUT2D eigenvalue weighted by molar-refractivity contribution is 5.86. The van der Waals surface area contributed by atoms with Crippen LogP contribution in [0.4, 0.5) is 0 Å². The Kier molecular flexibility index (Phi) is 4.49. The first-order valence-electron chi connectivity index (χ1n) is 7.41. The first kappa shape index (κ1) is 14.3. The molecular weight excluding hydrogens is 276 g/mol. The number of hydrogen-bond donors (Lipinski definition) is 1. The first-order valence-corrected chi connectivity index (χ1v) is 7.41. The summed E-state index contributed by atoms with van der Waals surface area (Å²) in [6.45, 7) is 0.500. The topological polar surface area (TPSA) is 50.7 Å². The summed E-state index contributed by atoms with van der Waals surface area (Å²) in [6, 6.07) is 17.6. The molecule has 1 amide bonds. The number of hydrazone groups is 1. The third-order valence-corrected chi connectivity index (χ3v) is 3.48. The number of carbonyl (C=O) groups excluding carboxylic acids is 1. The molecule has 4 nitrogen and oxygen atoms in total. The molecule has 0 saturated heterocycles. The lowest BCUT2D eigenvalue weighted by Crippen LogP contribution is -2.19. The average molecular weight is 294 g/mol. The predicted molar refractivity (Wildman–Crippen MR) is 85.7 cm³/mol. The summed E-state index contributed by atoms with van der Waals surface area (Å²) in [4.78, 5) is 11.5. The van der Waals surface area contributed by atoms with E-state index in [2.05, 4.69) is 10.5 Å². The van der Waals surface area contributed by atoms with E-state index < -0.39 is 0 Å². The molecule has 2 aromatic rings. The van der Waals surface area contributed by atoms with Gasteiger partial charge in [0.15, 0.2) is 0 Å². The van der Waals surface area contributed by atoms with Crippen LogP contribution in [0.5, 0.6) is 5.75 Å². The highest BCUT2D eigenvalue weighted by Crippen LogP contribution is 2.28. The fourth-order valence-corrected chi connectivity index (χ4v) is 2.06. The zero-order valence-electron chi connectivity index (χ0n) is 12.2. The lowest BCUT2D eigenvalue weighted by molar-refractivity contribution is -0.122. The minimum Gasteiger partial charge on any atom is -0.488 e. The number of amides is 1. The van der Waals surface area contributed by atoms with Crippen LogP contribution in [-0.4, -0.2) is 12.1 Å². The molecular formula is C18H18N2O2. The zero-order chi connectivity index (χ0) is 15.2. The maximum Gasteiger partial charge on any atom is 0.243 e. The van der Waals surface area contributed by atoms with E-state index in [4.69, 9.17) is 4.74 Å². The van der Waals surface area contributed by atoms with Crippen LogP contribution in [0.15, 0.2) is 59.7 Å². The minimum atomic E-state index is -0.000986. The quantitative estimate of drug-likeness (QED) is 0.657. The highest BCUT2D eigenvalue weighted by Gasteiger charge is 2.29. The number of rotatable bonds is 6. The normalized spacial score (nSPS) is 14.0. The van der Waals surface area contributed by atoms with E-state index in [1.807, 2.05) is 54.6 Å². The van der Waals surface area contributed by atoms with Crippen molar-refractivity contribution in [1.82, 2.24) is 5.43 Å². The van der Waals surface area contributed by atoms with Gasteiger partial charge >= 0.3 is 0 Å². The molecule has 1 aliphatic carbocycles. The number of benzene rings is 2. The van der Waals surface area contributed by atoms with Crippen molar-refractivity contribution in [2.75, 3.05) is 0 Å². The standard InChI is InChI=1S/C18H18N2O2/c21-18(15-10-11-15)20-19-12-16-8-4-5-9-17(16)22-13-14-6-2-1-3-7-14/h1-9,12,15H,10-11,13H2,(H,20,21)/b19-12+. The molecule has 0 unspecified atom stereocenters. The zero-order valence-corrected chi connectivity index (χ0v) is 12.2. The molecule has 1 aliphatic rings. The second-order valence-electron chi connectivity index (χ2n) is 5.32. The van der Waals surface area contributed by atoms with Crippen molar-refractivity contribution in [3.05, 3.63) is 65.7 Å². The number of carbonyl (C=O) groups is 1. The van der Waals surface area contributed by atoms with Gasteiger partial charge in [0.05, 0.1) is 6.21 Å². The Balaban J connectivity index is 1.61. The van der Waals surface area contributed by atoms with Gasteiger partial charge in [0.1, 0.15) is 12.4 Å². The van der Waals surface area contributed by atoms with Crippen LogP contribution >= 0.6 is 0 Å². The summed E-state index contributed by atoms with van der Waals surface area (Å²) in [5.74, 6) is 0.899. The van der Waals surface area contributed by atoms with Crippen LogP contribution in [0, 0.1) is 5.92 Å². The van der Waals surface area contributed by atoms with Gasteiger partial charge in [-0.3, -0.25) is 4.79 Å². The fourth-order valence-electron chi connectivity index (χ4n) is 2.06. The van der Waals surface area contributed by atoms with Gasteiger partial charge in [0.25, 0.3) is 0 Å². The van der Waals surface area contributed by atoms with Gasteiger partial charge < -0.3 is 4.74 Å².